The fourth-order valence-corrected chi connectivity index (χ4v) is 2.08. The number of fused-ring (bicyclic) bond motifs is 1. The number of halogens is 1. The van der Waals surface area contributed by atoms with Crippen LogP contribution in [0.5, 0.6) is 0 Å². The van der Waals surface area contributed by atoms with Crippen LogP contribution in [0.4, 0.5) is 5.69 Å². The normalized spacial score (nSPS) is 10.9. The van der Waals surface area contributed by atoms with Crippen LogP contribution in [0.3, 0.4) is 0 Å². The number of imidazole rings is 1. The number of anilines is 1. The van der Waals surface area contributed by atoms with Gasteiger partial charge in [0.25, 0.3) is 0 Å². The zero-order valence-electron chi connectivity index (χ0n) is 8.97. The number of rotatable bonds is 1. The molecule has 2 heterocycles. The molecule has 2 aromatic heterocycles. The van der Waals surface area contributed by atoms with Crippen molar-refractivity contribution < 1.29 is 0 Å². The summed E-state index contributed by atoms with van der Waals surface area (Å²) in [4.78, 5) is 4.18. The summed E-state index contributed by atoms with van der Waals surface area (Å²) < 4.78 is 1.91. The lowest BCUT2D eigenvalue weighted by molar-refractivity contribution is 1.19. The Labute approximate surface area is 103 Å². The van der Waals surface area contributed by atoms with Gasteiger partial charge in [0.1, 0.15) is 0 Å². The Hall–Kier alpha value is -2.00. The number of nitrogens with two attached hydrogens (primary N) is 1. The molecule has 0 unspecified atom stereocenters. The van der Waals surface area contributed by atoms with Gasteiger partial charge < -0.3 is 10.1 Å². The molecule has 17 heavy (non-hydrogen) atoms. The van der Waals surface area contributed by atoms with Gasteiger partial charge in [0, 0.05) is 29.2 Å². The monoisotopic (exact) mass is 243 g/mol. The predicted molar refractivity (Wildman–Crippen MR) is 70.1 cm³/mol. The number of benzene rings is 1. The second-order valence-electron chi connectivity index (χ2n) is 3.85. The minimum absolute atomic E-state index is 0.660. The summed E-state index contributed by atoms with van der Waals surface area (Å²) in [6.07, 6.45) is 5.59. The lowest BCUT2D eigenvalue weighted by Crippen LogP contribution is -1.93. The molecule has 0 radical (unpaired) electrons. The van der Waals surface area contributed by atoms with Crippen molar-refractivity contribution in [1.82, 2.24) is 9.38 Å². The smallest absolute Gasteiger partial charge is 0.160 e. The minimum atomic E-state index is 0.660. The molecule has 2 N–H and O–H groups in total. The number of pyridine rings is 1. The lowest BCUT2D eigenvalue weighted by Gasteiger charge is -2.05. The van der Waals surface area contributed by atoms with Crippen LogP contribution < -0.4 is 5.73 Å². The largest absolute Gasteiger partial charge is 0.396 e. The van der Waals surface area contributed by atoms with E-state index >= 15 is 0 Å². The Kier molecular flexibility index (Phi) is 2.27. The molecule has 0 spiro atoms. The van der Waals surface area contributed by atoms with E-state index in [9.17, 15) is 0 Å². The molecule has 0 fully saturated rings. The molecule has 1 aromatic carbocycles. The molecule has 4 heteroatoms. The summed E-state index contributed by atoms with van der Waals surface area (Å²) in [5.74, 6) is 0. The summed E-state index contributed by atoms with van der Waals surface area (Å²) in [5.41, 5.74) is 9.46. The molecule has 3 aromatic rings. The van der Waals surface area contributed by atoms with E-state index in [2.05, 4.69) is 4.98 Å². The first-order valence-electron chi connectivity index (χ1n) is 5.22. The van der Waals surface area contributed by atoms with E-state index in [1.807, 2.05) is 47.1 Å². The SMILES string of the molecule is Nc1cc(-c2cccc(Cl)c2)cn2ccnc12. The van der Waals surface area contributed by atoms with Gasteiger partial charge >= 0.3 is 0 Å². The third-order valence-electron chi connectivity index (χ3n) is 2.67. The molecule has 0 saturated carbocycles. The first-order chi connectivity index (χ1) is 8.24. The van der Waals surface area contributed by atoms with Crippen LogP contribution in [-0.2, 0) is 0 Å². The highest BCUT2D eigenvalue weighted by molar-refractivity contribution is 6.30. The van der Waals surface area contributed by atoms with Crippen LogP contribution >= 0.6 is 11.6 Å². The number of hydrogen-bond acceptors (Lipinski definition) is 2. The number of nitrogen functional groups attached to an aromatic ring is 1. The Balaban J connectivity index is 2.23. The van der Waals surface area contributed by atoms with Crippen molar-refractivity contribution in [2.24, 2.45) is 0 Å². The zero-order chi connectivity index (χ0) is 11.8. The van der Waals surface area contributed by atoms with Crippen LogP contribution in [0.1, 0.15) is 0 Å². The van der Waals surface area contributed by atoms with Crippen LogP contribution in [0.15, 0.2) is 48.9 Å². The van der Waals surface area contributed by atoms with E-state index in [1.54, 1.807) is 6.20 Å². The van der Waals surface area contributed by atoms with Crippen LogP contribution in [-0.4, -0.2) is 9.38 Å². The number of hydrogen-bond donors (Lipinski definition) is 1. The summed E-state index contributed by atoms with van der Waals surface area (Å²) in [5, 5.41) is 0.715. The van der Waals surface area contributed by atoms with Gasteiger partial charge in [-0.15, -0.1) is 0 Å². The number of aromatic nitrogens is 2. The average molecular weight is 244 g/mol. The van der Waals surface area contributed by atoms with Crippen molar-refractivity contribution in [2.75, 3.05) is 5.73 Å². The van der Waals surface area contributed by atoms with Crippen molar-refractivity contribution in [3.63, 3.8) is 0 Å². The maximum absolute atomic E-state index is 5.98. The van der Waals surface area contributed by atoms with E-state index in [1.165, 1.54) is 0 Å². The standard InChI is InChI=1S/C13H10ClN3/c14-11-3-1-2-9(6-11)10-7-12(15)13-16-4-5-17(13)8-10/h1-8H,15H2. The second kappa shape index (κ2) is 3.79. The van der Waals surface area contributed by atoms with Gasteiger partial charge in [-0.25, -0.2) is 4.98 Å². The average Bonchev–Trinajstić information content (AvgIpc) is 2.77. The van der Waals surface area contributed by atoms with Crippen molar-refractivity contribution in [3.05, 3.63) is 53.9 Å². The molecule has 0 saturated heterocycles. The van der Waals surface area contributed by atoms with Crippen molar-refractivity contribution in [3.8, 4) is 11.1 Å². The lowest BCUT2D eigenvalue weighted by atomic mass is 10.1. The fraction of sp³-hybridized carbons (Fsp3) is 0. The van der Waals surface area contributed by atoms with Gasteiger partial charge in [0.05, 0.1) is 5.69 Å². The maximum atomic E-state index is 5.98. The van der Waals surface area contributed by atoms with Gasteiger partial charge in [-0.1, -0.05) is 23.7 Å². The Morgan fingerprint density at radius 3 is 2.88 bits per heavy atom. The van der Waals surface area contributed by atoms with Gasteiger partial charge in [-0.3, -0.25) is 0 Å². The molecule has 0 aliphatic carbocycles. The quantitative estimate of drug-likeness (QED) is 0.713. The van der Waals surface area contributed by atoms with Gasteiger partial charge in [-0.2, -0.15) is 0 Å². The third-order valence-corrected chi connectivity index (χ3v) is 2.91. The van der Waals surface area contributed by atoms with Crippen LogP contribution in [0.25, 0.3) is 16.8 Å². The maximum Gasteiger partial charge on any atom is 0.160 e. The molecule has 0 amide bonds. The summed E-state index contributed by atoms with van der Waals surface area (Å²) >= 11 is 5.98. The Bertz CT molecular complexity index is 688. The molecular formula is C13H10ClN3. The topological polar surface area (TPSA) is 43.3 Å². The van der Waals surface area contributed by atoms with Gasteiger partial charge in [0.2, 0.25) is 0 Å². The molecule has 0 aliphatic rings. The summed E-state index contributed by atoms with van der Waals surface area (Å²) in [7, 11) is 0. The summed E-state index contributed by atoms with van der Waals surface area (Å²) in [6.45, 7) is 0. The highest BCUT2D eigenvalue weighted by Crippen LogP contribution is 2.25. The second-order valence-corrected chi connectivity index (χ2v) is 4.29. The fourth-order valence-electron chi connectivity index (χ4n) is 1.89. The van der Waals surface area contributed by atoms with E-state index in [-0.39, 0.29) is 0 Å². The van der Waals surface area contributed by atoms with Crippen molar-refractivity contribution in [1.29, 1.82) is 0 Å². The van der Waals surface area contributed by atoms with E-state index < -0.39 is 0 Å². The summed E-state index contributed by atoms with van der Waals surface area (Å²) in [6, 6.07) is 9.60. The van der Waals surface area contributed by atoms with Gasteiger partial charge in [0.15, 0.2) is 5.65 Å². The molecule has 0 bridgehead atoms. The zero-order valence-corrected chi connectivity index (χ0v) is 9.72. The minimum Gasteiger partial charge on any atom is -0.396 e. The van der Waals surface area contributed by atoms with E-state index in [0.29, 0.717) is 10.7 Å². The number of nitrogens with zero attached hydrogens (tertiary/aromatic N) is 2. The highest BCUT2D eigenvalue weighted by atomic mass is 35.5. The first kappa shape index (κ1) is 10.2. The van der Waals surface area contributed by atoms with Crippen molar-refractivity contribution in [2.45, 2.75) is 0 Å². The van der Waals surface area contributed by atoms with Crippen molar-refractivity contribution >= 4 is 22.9 Å². The van der Waals surface area contributed by atoms with E-state index in [4.69, 9.17) is 17.3 Å². The molecule has 3 nitrogen and oxygen atoms in total. The van der Waals surface area contributed by atoms with Crippen LogP contribution in [0, 0.1) is 0 Å². The molecule has 0 aliphatic heterocycles. The first-order valence-corrected chi connectivity index (χ1v) is 5.60. The molecule has 84 valence electrons. The molecular weight excluding hydrogens is 234 g/mol. The highest BCUT2D eigenvalue weighted by Gasteiger charge is 2.04. The Morgan fingerprint density at radius 2 is 2.06 bits per heavy atom. The van der Waals surface area contributed by atoms with Crippen LogP contribution in [0.2, 0.25) is 5.02 Å². The molecule has 3 rings (SSSR count). The third kappa shape index (κ3) is 1.74. The van der Waals surface area contributed by atoms with Gasteiger partial charge in [-0.05, 0) is 23.8 Å². The van der Waals surface area contributed by atoms with E-state index in [0.717, 1.165) is 16.8 Å². The predicted octanol–water partition coefficient (Wildman–Crippen LogP) is 3.24. The molecule has 0 atom stereocenters. The Morgan fingerprint density at radius 1 is 1.18 bits per heavy atom.